The highest BCUT2D eigenvalue weighted by atomic mass is 32.2. The summed E-state index contributed by atoms with van der Waals surface area (Å²) in [6, 6.07) is 0. The largest absolute Gasteiger partial charge is 0.241 e. The van der Waals surface area contributed by atoms with Gasteiger partial charge in [0, 0.05) is 0 Å². The molecule has 0 heterocycles. The van der Waals surface area contributed by atoms with E-state index in [-0.39, 0.29) is 4.52 Å². The molecule has 0 bridgehead atoms. The number of thiol groups is 1. The fraction of sp³-hybridized carbons (Fsp3) is 0. The van der Waals surface area contributed by atoms with Gasteiger partial charge in [-0.3, -0.25) is 0 Å². The molecular formula is H5N3O2S. The quantitative estimate of drug-likeness (QED) is 0.199. The predicted molar refractivity (Wildman–Crippen MR) is 20.5 cm³/mol. The van der Waals surface area contributed by atoms with Crippen molar-refractivity contribution < 1.29 is 8.42 Å². The number of rotatable bonds is 1. The van der Waals surface area contributed by atoms with Crippen molar-refractivity contribution in [2.24, 2.45) is 11.7 Å². The first-order valence-corrected chi connectivity index (χ1v) is 2.21. The van der Waals surface area contributed by atoms with Gasteiger partial charge >= 0.3 is 0 Å². The second-order valence-corrected chi connectivity index (χ2v) is 1.56. The van der Waals surface area contributed by atoms with E-state index in [0.717, 1.165) is 0 Å². The van der Waals surface area contributed by atoms with Gasteiger partial charge in [0.15, 0.2) is 0 Å². The SMILES string of the molecule is NN(N)[SH](=O)=O. The Hall–Kier alpha value is -0.170. The molecule has 0 atom stereocenters. The van der Waals surface area contributed by atoms with E-state index in [9.17, 15) is 8.42 Å². The lowest BCUT2D eigenvalue weighted by molar-refractivity contribution is 0.462. The maximum atomic E-state index is 9.41. The average Bonchev–Trinajstić information content (AvgIpc) is 1.36. The van der Waals surface area contributed by atoms with Crippen LogP contribution in [-0.2, 0) is 10.9 Å². The van der Waals surface area contributed by atoms with Crippen LogP contribution >= 0.6 is 0 Å². The van der Waals surface area contributed by atoms with Crippen LogP contribution in [0.4, 0.5) is 0 Å². The zero-order valence-electron chi connectivity index (χ0n) is 2.87. The summed E-state index contributed by atoms with van der Waals surface area (Å²) in [4.78, 5) is 0. The van der Waals surface area contributed by atoms with Gasteiger partial charge in [-0.15, -0.1) is 0 Å². The summed E-state index contributed by atoms with van der Waals surface area (Å²) in [6.45, 7) is 0. The number of hydrogen-bond acceptors (Lipinski definition) is 4. The van der Waals surface area contributed by atoms with Crippen LogP contribution in [0.15, 0.2) is 0 Å². The Morgan fingerprint density at radius 1 is 1.33 bits per heavy atom. The van der Waals surface area contributed by atoms with Crippen molar-refractivity contribution in [2.75, 3.05) is 0 Å². The minimum atomic E-state index is -2.77. The zero-order valence-corrected chi connectivity index (χ0v) is 3.76. The van der Waals surface area contributed by atoms with Crippen molar-refractivity contribution in [3.05, 3.63) is 0 Å². The van der Waals surface area contributed by atoms with Gasteiger partial charge in [-0.25, -0.2) is 20.1 Å². The van der Waals surface area contributed by atoms with Crippen molar-refractivity contribution in [3.8, 4) is 0 Å². The minimum absolute atomic E-state index is 0.120. The van der Waals surface area contributed by atoms with Gasteiger partial charge in [-0.2, -0.15) is 0 Å². The van der Waals surface area contributed by atoms with Gasteiger partial charge in [0.1, 0.15) is 0 Å². The van der Waals surface area contributed by atoms with Gasteiger partial charge in [-0.1, -0.05) is 4.52 Å². The van der Waals surface area contributed by atoms with Crippen LogP contribution in [0.1, 0.15) is 0 Å². The normalized spacial score (nSPS) is 10.7. The number of hydrogen-bond donors (Lipinski definition) is 3. The van der Waals surface area contributed by atoms with Gasteiger partial charge in [0.25, 0.3) is 0 Å². The Kier molecular flexibility index (Phi) is 2.03. The summed E-state index contributed by atoms with van der Waals surface area (Å²) in [5.41, 5.74) is 0. The summed E-state index contributed by atoms with van der Waals surface area (Å²) in [6.07, 6.45) is 0. The van der Waals surface area contributed by atoms with Crippen LogP contribution in [0.5, 0.6) is 0 Å². The first-order valence-electron chi connectivity index (χ1n) is 1.08. The Balaban J connectivity index is 3.57. The summed E-state index contributed by atoms with van der Waals surface area (Å²) in [7, 11) is -2.77. The fourth-order valence-electron chi connectivity index (χ4n) is 0. The summed E-state index contributed by atoms with van der Waals surface area (Å²) >= 11 is 0. The zero-order chi connectivity index (χ0) is 5.15. The molecule has 5 nitrogen and oxygen atoms in total. The van der Waals surface area contributed by atoms with Crippen molar-refractivity contribution in [1.82, 2.24) is 4.52 Å². The topological polar surface area (TPSA) is 89.4 Å². The lowest BCUT2D eigenvalue weighted by atomic mass is 12.6. The van der Waals surface area contributed by atoms with E-state index in [1.807, 2.05) is 0 Å². The molecule has 0 saturated carbocycles. The lowest BCUT2D eigenvalue weighted by Crippen LogP contribution is -2.35. The Morgan fingerprint density at radius 3 is 1.50 bits per heavy atom. The molecule has 6 heavy (non-hydrogen) atoms. The van der Waals surface area contributed by atoms with E-state index in [0.29, 0.717) is 0 Å². The molecule has 0 aromatic rings. The van der Waals surface area contributed by atoms with Gasteiger partial charge < -0.3 is 0 Å². The second kappa shape index (κ2) is 2.08. The molecule has 0 unspecified atom stereocenters. The monoisotopic (exact) mass is 111 g/mol. The highest BCUT2D eigenvalue weighted by molar-refractivity contribution is 7.69. The molecule has 0 spiro atoms. The summed E-state index contributed by atoms with van der Waals surface area (Å²) < 4.78 is 18.9. The Labute approximate surface area is 36.5 Å². The molecule has 0 amide bonds. The van der Waals surface area contributed by atoms with Crippen LogP contribution in [0, 0.1) is 0 Å². The maximum absolute atomic E-state index is 9.41. The molecule has 0 aliphatic carbocycles. The number of nitrogens with two attached hydrogens (primary N) is 2. The highest BCUT2D eigenvalue weighted by Crippen LogP contribution is 1.51. The molecule has 38 valence electrons. The third-order valence-corrected chi connectivity index (χ3v) is 0.566. The van der Waals surface area contributed by atoms with Crippen molar-refractivity contribution >= 4 is 10.9 Å². The maximum Gasteiger partial charge on any atom is 0.229 e. The Bertz CT molecular complexity index is 85.0. The van der Waals surface area contributed by atoms with Gasteiger partial charge in [-0.05, 0) is 0 Å². The van der Waals surface area contributed by atoms with Crippen molar-refractivity contribution in [1.29, 1.82) is 0 Å². The van der Waals surface area contributed by atoms with Crippen LogP contribution in [0.3, 0.4) is 0 Å². The van der Waals surface area contributed by atoms with E-state index in [1.165, 1.54) is 0 Å². The van der Waals surface area contributed by atoms with Crippen LogP contribution in [0.2, 0.25) is 0 Å². The first-order chi connectivity index (χ1) is 2.64. The molecule has 0 aliphatic rings. The van der Waals surface area contributed by atoms with E-state index in [2.05, 4.69) is 11.7 Å². The molecule has 4 N–H and O–H groups in total. The Morgan fingerprint density at radius 2 is 1.50 bits per heavy atom. The average molecular weight is 111 g/mol. The van der Waals surface area contributed by atoms with Gasteiger partial charge in [0.05, 0.1) is 0 Å². The molecule has 0 aromatic heterocycles. The fourth-order valence-corrected chi connectivity index (χ4v) is 0. The highest BCUT2D eigenvalue weighted by Gasteiger charge is 1.82. The van der Waals surface area contributed by atoms with Crippen molar-refractivity contribution in [3.63, 3.8) is 0 Å². The third-order valence-electron chi connectivity index (χ3n) is 0.189. The summed E-state index contributed by atoms with van der Waals surface area (Å²) in [5, 5.41) is 0. The predicted octanol–water partition coefficient (Wildman–Crippen LogP) is -2.44. The minimum Gasteiger partial charge on any atom is -0.241 e. The van der Waals surface area contributed by atoms with E-state index in [4.69, 9.17) is 0 Å². The molecule has 0 radical (unpaired) electrons. The second-order valence-electron chi connectivity index (χ2n) is 0.618. The number of nitrogens with zero attached hydrogens (tertiary/aromatic N) is 1. The lowest BCUT2D eigenvalue weighted by Gasteiger charge is -1.91. The van der Waals surface area contributed by atoms with Crippen LogP contribution in [0.25, 0.3) is 0 Å². The van der Waals surface area contributed by atoms with Crippen LogP contribution < -0.4 is 11.7 Å². The van der Waals surface area contributed by atoms with E-state index < -0.39 is 10.9 Å². The molecule has 0 aromatic carbocycles. The number of hydrazine groups is 2. The van der Waals surface area contributed by atoms with Gasteiger partial charge in [0.2, 0.25) is 10.9 Å². The molecule has 6 heteroatoms. The first kappa shape index (κ1) is 5.83. The summed E-state index contributed by atoms with van der Waals surface area (Å²) in [5.74, 6) is 8.90. The van der Waals surface area contributed by atoms with Crippen molar-refractivity contribution in [2.45, 2.75) is 0 Å². The molecule has 0 saturated heterocycles. The van der Waals surface area contributed by atoms with E-state index in [1.54, 1.807) is 0 Å². The smallest absolute Gasteiger partial charge is 0.229 e. The standard InChI is InChI=1S/H5N3O2S/c1-3(2)6(4)5/h6H,1-2H2. The molecule has 0 rings (SSSR count). The van der Waals surface area contributed by atoms with Crippen LogP contribution in [-0.4, -0.2) is 12.9 Å². The third kappa shape index (κ3) is 2.09. The molecular weight excluding hydrogens is 106 g/mol. The molecule has 0 fully saturated rings. The molecule has 0 aliphatic heterocycles. The van der Waals surface area contributed by atoms with E-state index >= 15 is 0 Å².